The molecule has 0 saturated heterocycles. The zero-order valence-corrected chi connectivity index (χ0v) is 10.2. The van der Waals surface area contributed by atoms with E-state index in [1.54, 1.807) is 0 Å². The van der Waals surface area contributed by atoms with Gasteiger partial charge in [0.2, 0.25) is 0 Å². The number of rotatable bonds is 4. The molecule has 0 radical (unpaired) electrons. The van der Waals surface area contributed by atoms with Crippen LogP contribution in [-0.2, 0) is 16.6 Å². The van der Waals surface area contributed by atoms with Crippen LogP contribution in [-0.4, -0.2) is 11.1 Å². The van der Waals surface area contributed by atoms with Crippen molar-refractivity contribution in [2.24, 2.45) is 0 Å². The third-order valence-corrected chi connectivity index (χ3v) is 3.82. The molecular weight excluding hydrogens is 212 g/mol. The fourth-order valence-corrected chi connectivity index (χ4v) is 2.72. The van der Waals surface area contributed by atoms with Gasteiger partial charge in [0.25, 0.3) is 0 Å². The molecular formula is C15H18O2. The van der Waals surface area contributed by atoms with Gasteiger partial charge < -0.3 is 5.11 Å². The topological polar surface area (TPSA) is 37.3 Å². The zero-order valence-electron chi connectivity index (χ0n) is 10.2. The lowest BCUT2D eigenvalue weighted by atomic mass is 9.76. The smallest absolute Gasteiger partial charge is 0.314 e. The molecule has 2 rings (SSSR count). The van der Waals surface area contributed by atoms with E-state index in [9.17, 15) is 9.90 Å². The molecule has 0 aromatic heterocycles. The molecule has 1 aromatic carbocycles. The van der Waals surface area contributed by atoms with Gasteiger partial charge >= 0.3 is 5.97 Å². The average molecular weight is 230 g/mol. The van der Waals surface area contributed by atoms with Crippen molar-refractivity contribution in [2.75, 3.05) is 0 Å². The maximum Gasteiger partial charge on any atom is 0.314 e. The second-order valence-electron chi connectivity index (χ2n) is 4.82. The van der Waals surface area contributed by atoms with Crippen LogP contribution in [0.2, 0.25) is 0 Å². The second-order valence-corrected chi connectivity index (χ2v) is 4.82. The van der Waals surface area contributed by atoms with Crippen molar-refractivity contribution in [1.29, 1.82) is 0 Å². The van der Waals surface area contributed by atoms with Crippen LogP contribution in [0.3, 0.4) is 0 Å². The number of benzene rings is 1. The van der Waals surface area contributed by atoms with Crippen molar-refractivity contribution in [2.45, 2.75) is 38.0 Å². The molecule has 0 heterocycles. The predicted octanol–water partition coefficient (Wildman–Crippen LogP) is 3.31. The number of hydrogen-bond acceptors (Lipinski definition) is 1. The van der Waals surface area contributed by atoms with Crippen LogP contribution < -0.4 is 0 Å². The van der Waals surface area contributed by atoms with E-state index < -0.39 is 11.4 Å². The maximum atomic E-state index is 11.7. The summed E-state index contributed by atoms with van der Waals surface area (Å²) < 4.78 is 0. The van der Waals surface area contributed by atoms with E-state index >= 15 is 0 Å². The Morgan fingerprint density at radius 1 is 1.47 bits per heavy atom. The summed E-state index contributed by atoms with van der Waals surface area (Å²) in [6.07, 6.45) is 2.97. The molecule has 0 bridgehead atoms. The predicted molar refractivity (Wildman–Crippen MR) is 68.1 cm³/mol. The van der Waals surface area contributed by atoms with Crippen LogP contribution in [0.1, 0.15) is 37.3 Å². The number of aryl methyl sites for hydroxylation is 1. The third kappa shape index (κ3) is 1.88. The van der Waals surface area contributed by atoms with Crippen LogP contribution in [0, 0.1) is 0 Å². The molecule has 1 aromatic rings. The molecule has 0 spiro atoms. The zero-order chi connectivity index (χ0) is 12.5. The van der Waals surface area contributed by atoms with Crippen molar-refractivity contribution >= 4 is 5.97 Å². The van der Waals surface area contributed by atoms with E-state index in [1.807, 2.05) is 31.2 Å². The Labute approximate surface area is 102 Å². The normalized spacial score (nSPS) is 22.2. The van der Waals surface area contributed by atoms with Crippen molar-refractivity contribution < 1.29 is 9.90 Å². The highest BCUT2D eigenvalue weighted by molar-refractivity contribution is 5.83. The molecule has 1 atom stereocenters. The first-order valence-electron chi connectivity index (χ1n) is 6.08. The second kappa shape index (κ2) is 4.36. The lowest BCUT2D eigenvalue weighted by molar-refractivity contribution is -0.143. The van der Waals surface area contributed by atoms with Gasteiger partial charge in [-0.05, 0) is 36.8 Å². The molecule has 1 unspecified atom stereocenters. The van der Waals surface area contributed by atoms with Crippen LogP contribution in [0.25, 0.3) is 0 Å². The lowest BCUT2D eigenvalue weighted by Crippen LogP contribution is -2.33. The number of carboxylic acid groups (broad SMARTS) is 1. The van der Waals surface area contributed by atoms with Gasteiger partial charge in [-0.2, -0.15) is 0 Å². The van der Waals surface area contributed by atoms with Gasteiger partial charge in [0.05, 0.1) is 5.41 Å². The molecule has 0 saturated carbocycles. The summed E-state index contributed by atoms with van der Waals surface area (Å²) in [6.45, 7) is 6.00. The van der Waals surface area contributed by atoms with E-state index in [1.165, 1.54) is 5.56 Å². The fraction of sp³-hybridized carbons (Fsp3) is 0.400. The van der Waals surface area contributed by atoms with Crippen LogP contribution >= 0.6 is 0 Å². The number of hydrogen-bond donors (Lipinski definition) is 1. The minimum Gasteiger partial charge on any atom is -0.481 e. The SMILES string of the molecule is C=C(CC)CC1(C(=O)O)CCc2ccccc21. The van der Waals surface area contributed by atoms with E-state index in [0.717, 1.165) is 24.0 Å². The first kappa shape index (κ1) is 11.9. The van der Waals surface area contributed by atoms with E-state index in [0.29, 0.717) is 12.8 Å². The number of allylic oxidation sites excluding steroid dienone is 1. The van der Waals surface area contributed by atoms with Gasteiger partial charge in [-0.3, -0.25) is 4.79 Å². The Morgan fingerprint density at radius 3 is 2.82 bits per heavy atom. The van der Waals surface area contributed by atoms with Gasteiger partial charge in [-0.1, -0.05) is 43.3 Å². The van der Waals surface area contributed by atoms with Crippen molar-refractivity contribution in [3.05, 3.63) is 47.5 Å². The fourth-order valence-electron chi connectivity index (χ4n) is 2.72. The number of carboxylic acids is 1. The van der Waals surface area contributed by atoms with Gasteiger partial charge in [0.15, 0.2) is 0 Å². The van der Waals surface area contributed by atoms with Crippen LogP contribution in [0.5, 0.6) is 0 Å². The average Bonchev–Trinajstić information content (AvgIpc) is 2.70. The van der Waals surface area contributed by atoms with E-state index in [4.69, 9.17) is 0 Å². The molecule has 0 fully saturated rings. The van der Waals surface area contributed by atoms with Crippen molar-refractivity contribution in [3.8, 4) is 0 Å². The van der Waals surface area contributed by atoms with E-state index in [2.05, 4.69) is 6.58 Å². The summed E-state index contributed by atoms with van der Waals surface area (Å²) >= 11 is 0. The third-order valence-electron chi connectivity index (χ3n) is 3.82. The Morgan fingerprint density at radius 2 is 2.18 bits per heavy atom. The largest absolute Gasteiger partial charge is 0.481 e. The molecule has 2 nitrogen and oxygen atoms in total. The highest BCUT2D eigenvalue weighted by Crippen LogP contribution is 2.43. The Bertz CT molecular complexity index is 462. The number of fused-ring (bicyclic) bond motifs is 1. The highest BCUT2D eigenvalue weighted by atomic mass is 16.4. The molecule has 0 aliphatic heterocycles. The Kier molecular flexibility index (Phi) is 3.05. The van der Waals surface area contributed by atoms with Gasteiger partial charge in [0.1, 0.15) is 0 Å². The molecule has 1 N–H and O–H groups in total. The Hall–Kier alpha value is -1.57. The summed E-state index contributed by atoms with van der Waals surface area (Å²) in [4.78, 5) is 11.7. The van der Waals surface area contributed by atoms with Crippen LogP contribution in [0.15, 0.2) is 36.4 Å². The highest BCUT2D eigenvalue weighted by Gasteiger charge is 2.45. The number of aliphatic carboxylic acids is 1. The molecule has 1 aliphatic rings. The minimum absolute atomic E-state index is 0.565. The van der Waals surface area contributed by atoms with Crippen molar-refractivity contribution in [1.82, 2.24) is 0 Å². The van der Waals surface area contributed by atoms with Gasteiger partial charge in [-0.25, -0.2) is 0 Å². The molecule has 2 heteroatoms. The summed E-state index contributed by atoms with van der Waals surface area (Å²) in [7, 11) is 0. The lowest BCUT2D eigenvalue weighted by Gasteiger charge is -2.26. The quantitative estimate of drug-likeness (QED) is 0.806. The first-order chi connectivity index (χ1) is 8.10. The first-order valence-corrected chi connectivity index (χ1v) is 6.08. The molecule has 1 aliphatic carbocycles. The van der Waals surface area contributed by atoms with Gasteiger partial charge in [-0.15, -0.1) is 0 Å². The number of carbonyl (C=O) groups is 1. The minimum atomic E-state index is -0.732. The summed E-state index contributed by atoms with van der Waals surface area (Å²) in [5.74, 6) is -0.711. The van der Waals surface area contributed by atoms with Crippen LogP contribution in [0.4, 0.5) is 0 Å². The van der Waals surface area contributed by atoms with Gasteiger partial charge in [0, 0.05) is 0 Å². The van der Waals surface area contributed by atoms with E-state index in [-0.39, 0.29) is 0 Å². The standard InChI is InChI=1S/C15H18O2/c1-3-11(2)10-15(14(16)17)9-8-12-6-4-5-7-13(12)15/h4-7H,2-3,8-10H2,1H3,(H,16,17). The molecule has 0 amide bonds. The maximum absolute atomic E-state index is 11.7. The van der Waals surface area contributed by atoms with Crippen molar-refractivity contribution in [3.63, 3.8) is 0 Å². The summed E-state index contributed by atoms with van der Waals surface area (Å²) in [6, 6.07) is 7.90. The molecule has 90 valence electrons. The Balaban J connectivity index is 2.44. The molecule has 17 heavy (non-hydrogen) atoms. The summed E-state index contributed by atoms with van der Waals surface area (Å²) in [5, 5.41) is 9.61. The monoisotopic (exact) mass is 230 g/mol. The summed E-state index contributed by atoms with van der Waals surface area (Å²) in [5.41, 5.74) is 2.45.